The molecular weight excluding hydrogens is 283 g/mol. The van der Waals surface area contributed by atoms with Gasteiger partial charge in [-0.1, -0.05) is 18.2 Å². The van der Waals surface area contributed by atoms with Gasteiger partial charge >= 0.3 is 0 Å². The van der Waals surface area contributed by atoms with Gasteiger partial charge in [0.25, 0.3) is 5.91 Å². The van der Waals surface area contributed by atoms with Gasteiger partial charge in [-0.05, 0) is 24.3 Å². The van der Waals surface area contributed by atoms with Gasteiger partial charge in [-0.2, -0.15) is 0 Å². The molecule has 0 unspecified atom stereocenters. The Hall–Kier alpha value is -3.02. The van der Waals surface area contributed by atoms with Crippen molar-refractivity contribution >= 4 is 11.6 Å². The Morgan fingerprint density at radius 3 is 2.86 bits per heavy atom. The summed E-state index contributed by atoms with van der Waals surface area (Å²) in [6, 6.07) is 9.65. The van der Waals surface area contributed by atoms with E-state index in [2.05, 4.69) is 22.1 Å². The van der Waals surface area contributed by atoms with Crippen LogP contribution in [0.15, 0.2) is 55.3 Å². The van der Waals surface area contributed by atoms with Crippen molar-refractivity contribution in [3.05, 3.63) is 66.6 Å². The molecule has 3 aromatic rings. The molecule has 0 fully saturated rings. The summed E-state index contributed by atoms with van der Waals surface area (Å²) in [6.45, 7) is 3.91. The fourth-order valence-electron chi connectivity index (χ4n) is 2.18. The third kappa shape index (κ3) is 2.35. The molecule has 1 amide bonds. The fourth-order valence-corrected chi connectivity index (χ4v) is 2.18. The van der Waals surface area contributed by atoms with Crippen molar-refractivity contribution in [2.75, 3.05) is 6.54 Å². The summed E-state index contributed by atoms with van der Waals surface area (Å²) in [6.07, 6.45) is 3.29. The predicted molar refractivity (Wildman–Crippen MR) is 80.9 cm³/mol. The molecule has 0 aliphatic rings. The third-order valence-electron chi connectivity index (χ3n) is 3.20. The van der Waals surface area contributed by atoms with E-state index in [1.165, 1.54) is 6.07 Å². The van der Waals surface area contributed by atoms with E-state index in [9.17, 15) is 9.18 Å². The minimum absolute atomic E-state index is 0.280. The quantitative estimate of drug-likeness (QED) is 0.752. The van der Waals surface area contributed by atoms with Gasteiger partial charge in [-0.3, -0.25) is 9.20 Å². The van der Waals surface area contributed by atoms with Crippen molar-refractivity contribution in [3.63, 3.8) is 0 Å². The molecule has 2 heterocycles. The molecule has 6 heteroatoms. The summed E-state index contributed by atoms with van der Waals surface area (Å²) in [5.41, 5.74) is 1.08. The lowest BCUT2D eigenvalue weighted by molar-refractivity contribution is 0.0959. The number of fused-ring (bicyclic) bond motifs is 1. The van der Waals surface area contributed by atoms with Crippen LogP contribution in [-0.2, 0) is 0 Å². The summed E-state index contributed by atoms with van der Waals surface area (Å²) in [5.74, 6) is -0.317. The van der Waals surface area contributed by atoms with Gasteiger partial charge in [-0.15, -0.1) is 16.8 Å². The number of rotatable bonds is 4. The number of hydrogen-bond acceptors (Lipinski definition) is 3. The van der Waals surface area contributed by atoms with E-state index in [1.807, 2.05) is 0 Å². The summed E-state index contributed by atoms with van der Waals surface area (Å²) < 4.78 is 15.5. The Kier molecular flexibility index (Phi) is 3.65. The molecule has 1 aromatic carbocycles. The Labute approximate surface area is 126 Å². The smallest absolute Gasteiger partial charge is 0.255 e. The maximum absolute atomic E-state index is 13.9. The monoisotopic (exact) mass is 296 g/mol. The summed E-state index contributed by atoms with van der Waals surface area (Å²) in [4.78, 5) is 12.1. The molecule has 0 radical (unpaired) electrons. The van der Waals surface area contributed by atoms with Crippen LogP contribution in [0.4, 0.5) is 4.39 Å². The van der Waals surface area contributed by atoms with Gasteiger partial charge in [0.2, 0.25) is 0 Å². The van der Waals surface area contributed by atoms with Crippen LogP contribution in [0, 0.1) is 5.82 Å². The second kappa shape index (κ2) is 5.77. The molecule has 110 valence electrons. The molecule has 0 saturated carbocycles. The van der Waals surface area contributed by atoms with Crippen LogP contribution < -0.4 is 5.32 Å². The van der Waals surface area contributed by atoms with E-state index in [4.69, 9.17) is 0 Å². The van der Waals surface area contributed by atoms with Crippen molar-refractivity contribution in [2.24, 2.45) is 0 Å². The summed E-state index contributed by atoms with van der Waals surface area (Å²) >= 11 is 0. The number of hydrogen-bond donors (Lipinski definition) is 1. The number of amides is 1. The zero-order valence-electron chi connectivity index (χ0n) is 11.7. The molecule has 1 N–H and O–H groups in total. The lowest BCUT2D eigenvalue weighted by atomic mass is 10.2. The number of nitrogens with one attached hydrogen (secondary N) is 1. The van der Waals surface area contributed by atoms with E-state index < -0.39 is 5.82 Å². The third-order valence-corrected chi connectivity index (χ3v) is 3.20. The highest BCUT2D eigenvalue weighted by atomic mass is 19.1. The maximum atomic E-state index is 13.9. The van der Waals surface area contributed by atoms with E-state index in [-0.39, 0.29) is 5.91 Å². The van der Waals surface area contributed by atoms with Crippen LogP contribution in [0.3, 0.4) is 0 Å². The largest absolute Gasteiger partial charge is 0.348 e. The van der Waals surface area contributed by atoms with Gasteiger partial charge < -0.3 is 5.32 Å². The second-order valence-electron chi connectivity index (χ2n) is 4.62. The van der Waals surface area contributed by atoms with E-state index in [0.29, 0.717) is 29.1 Å². The molecule has 2 aromatic heterocycles. The second-order valence-corrected chi connectivity index (χ2v) is 4.62. The highest BCUT2D eigenvalue weighted by Gasteiger charge is 2.16. The highest BCUT2D eigenvalue weighted by Crippen LogP contribution is 2.22. The van der Waals surface area contributed by atoms with Crippen molar-refractivity contribution in [1.82, 2.24) is 19.9 Å². The van der Waals surface area contributed by atoms with Crippen molar-refractivity contribution in [2.45, 2.75) is 0 Å². The highest BCUT2D eigenvalue weighted by molar-refractivity contribution is 6.00. The summed E-state index contributed by atoms with van der Waals surface area (Å²) in [5, 5.41) is 10.7. The van der Waals surface area contributed by atoms with Crippen LogP contribution in [0.1, 0.15) is 10.4 Å². The Morgan fingerprint density at radius 1 is 1.27 bits per heavy atom. The lowest BCUT2D eigenvalue weighted by Crippen LogP contribution is -2.23. The van der Waals surface area contributed by atoms with E-state index >= 15 is 0 Å². The Bertz CT molecular complexity index is 856. The predicted octanol–water partition coefficient (Wildman–Crippen LogP) is 2.45. The first kappa shape index (κ1) is 13.9. The Morgan fingerprint density at radius 2 is 2.09 bits per heavy atom. The van der Waals surface area contributed by atoms with E-state index in [0.717, 1.165) is 0 Å². The first-order valence-corrected chi connectivity index (χ1v) is 6.70. The molecular formula is C16H13FN4O. The number of pyridine rings is 1. The fraction of sp³-hybridized carbons (Fsp3) is 0.0625. The van der Waals surface area contributed by atoms with Crippen molar-refractivity contribution < 1.29 is 9.18 Å². The zero-order chi connectivity index (χ0) is 15.5. The van der Waals surface area contributed by atoms with Gasteiger partial charge in [0.15, 0.2) is 11.5 Å². The van der Waals surface area contributed by atoms with Crippen LogP contribution in [0.2, 0.25) is 0 Å². The first-order valence-electron chi connectivity index (χ1n) is 6.70. The average Bonchev–Trinajstić information content (AvgIpc) is 2.97. The molecule has 0 aliphatic carbocycles. The topological polar surface area (TPSA) is 59.3 Å². The number of nitrogens with zero attached hydrogens (tertiary/aromatic N) is 3. The molecule has 22 heavy (non-hydrogen) atoms. The van der Waals surface area contributed by atoms with Gasteiger partial charge in [-0.25, -0.2) is 4.39 Å². The Balaban J connectivity index is 2.12. The molecule has 5 nitrogen and oxygen atoms in total. The molecule has 3 rings (SSSR count). The van der Waals surface area contributed by atoms with Gasteiger partial charge in [0, 0.05) is 12.7 Å². The SMILES string of the molecule is C=CCNC(=O)c1cccn2c(-c3ccccc3F)nnc12. The van der Waals surface area contributed by atoms with Gasteiger partial charge in [0.05, 0.1) is 11.1 Å². The maximum Gasteiger partial charge on any atom is 0.255 e. The molecule has 0 spiro atoms. The van der Waals surface area contributed by atoms with Crippen molar-refractivity contribution in [1.29, 1.82) is 0 Å². The standard InChI is InChI=1S/C16H13FN4O/c1-2-9-18-16(22)12-7-5-10-21-14(19-20-15(12)21)11-6-3-4-8-13(11)17/h2-8,10H,1,9H2,(H,18,22). The molecule has 0 bridgehead atoms. The summed E-state index contributed by atoms with van der Waals surface area (Å²) in [7, 11) is 0. The molecule has 0 atom stereocenters. The zero-order valence-corrected chi connectivity index (χ0v) is 11.7. The number of carbonyl (C=O) groups is 1. The minimum atomic E-state index is -0.390. The van der Waals surface area contributed by atoms with Crippen LogP contribution in [0.5, 0.6) is 0 Å². The first-order chi connectivity index (χ1) is 10.7. The van der Waals surface area contributed by atoms with Crippen molar-refractivity contribution in [3.8, 4) is 11.4 Å². The average molecular weight is 296 g/mol. The number of halogens is 1. The number of benzene rings is 1. The van der Waals surface area contributed by atoms with Crippen LogP contribution in [-0.4, -0.2) is 27.0 Å². The number of carbonyl (C=O) groups excluding carboxylic acids is 1. The molecule has 0 aliphatic heterocycles. The lowest BCUT2D eigenvalue weighted by Gasteiger charge is -2.05. The van der Waals surface area contributed by atoms with E-state index in [1.54, 1.807) is 47.0 Å². The normalized spacial score (nSPS) is 10.6. The minimum Gasteiger partial charge on any atom is -0.348 e. The molecule has 0 saturated heterocycles. The van der Waals surface area contributed by atoms with Gasteiger partial charge in [0.1, 0.15) is 5.82 Å². The van der Waals surface area contributed by atoms with Crippen LogP contribution in [0.25, 0.3) is 17.0 Å². The number of aromatic nitrogens is 3. The van der Waals surface area contributed by atoms with Crippen LogP contribution >= 0.6 is 0 Å².